The number of amides is 1. The van der Waals surface area contributed by atoms with Crippen LogP contribution in [-0.2, 0) is 0 Å². The maximum absolute atomic E-state index is 12.4. The van der Waals surface area contributed by atoms with E-state index in [9.17, 15) is 19.5 Å². The molecule has 164 valence electrons. The van der Waals surface area contributed by atoms with Gasteiger partial charge in [0.1, 0.15) is 5.75 Å². The molecule has 1 heterocycles. The molecule has 0 fully saturated rings. The summed E-state index contributed by atoms with van der Waals surface area (Å²) in [5.41, 5.74) is -0.268. The molecule has 0 radical (unpaired) electrons. The molecule has 0 saturated carbocycles. The summed E-state index contributed by atoms with van der Waals surface area (Å²) in [4.78, 5) is 39.3. The van der Waals surface area contributed by atoms with E-state index < -0.39 is 16.8 Å². The Morgan fingerprint density at radius 3 is 2.38 bits per heavy atom. The molecule has 1 atom stereocenters. The fourth-order valence-electron chi connectivity index (χ4n) is 3.24. The van der Waals surface area contributed by atoms with Crippen LogP contribution in [0.15, 0.2) is 39.2 Å². The maximum Gasteiger partial charge on any atom is 1.00 e. The minimum absolute atomic E-state index is 0. The molecule has 3 rings (SSSR count). The molecule has 7 nitrogen and oxygen atoms in total. The second kappa shape index (κ2) is 9.53. The van der Waals surface area contributed by atoms with Crippen LogP contribution in [0.25, 0.3) is 5.32 Å². The molecule has 0 aliphatic rings. The van der Waals surface area contributed by atoms with Gasteiger partial charge in [0.05, 0.1) is 17.3 Å². The van der Waals surface area contributed by atoms with Crippen molar-refractivity contribution in [2.24, 2.45) is 5.41 Å². The summed E-state index contributed by atoms with van der Waals surface area (Å²) in [5, 5.41) is 20.0. The Kier molecular flexibility index (Phi) is 7.66. The Morgan fingerprint density at radius 1 is 1.19 bits per heavy atom. The Bertz CT molecular complexity index is 1200. The number of nitrogens with one attached hydrogen (secondary N) is 1. The van der Waals surface area contributed by atoms with Gasteiger partial charge < -0.3 is 20.6 Å². The SMILES string of the molecule is Cc1csc([C@H](Nc2c([N-]c3cccc(C(=O)N(C)C)c3O)c(=O)c2=O)C(C)(C)C)c1.[Li+]. The van der Waals surface area contributed by atoms with Gasteiger partial charge >= 0.3 is 18.9 Å². The molecule has 32 heavy (non-hydrogen) atoms. The fourth-order valence-corrected chi connectivity index (χ4v) is 4.43. The Balaban J connectivity index is 0.00000363. The average Bonchev–Trinajstić information content (AvgIpc) is 3.12. The number of hydrogen-bond acceptors (Lipinski definition) is 6. The molecule has 2 aromatic carbocycles. The van der Waals surface area contributed by atoms with Crippen LogP contribution in [0.3, 0.4) is 0 Å². The van der Waals surface area contributed by atoms with Gasteiger partial charge in [0.15, 0.2) is 0 Å². The van der Waals surface area contributed by atoms with Crippen molar-refractivity contribution in [3.05, 3.63) is 71.4 Å². The second-order valence-corrected chi connectivity index (χ2v) is 9.78. The molecule has 0 bridgehead atoms. The van der Waals surface area contributed by atoms with Gasteiger partial charge in [-0.1, -0.05) is 44.3 Å². The van der Waals surface area contributed by atoms with Crippen LogP contribution in [0, 0.1) is 12.3 Å². The number of carbonyl (C=O) groups excluding carboxylic acids is 1. The molecule has 0 spiro atoms. The molecule has 2 N–H and O–H groups in total. The molecule has 9 heteroatoms. The summed E-state index contributed by atoms with van der Waals surface area (Å²) in [7, 11) is 3.15. The summed E-state index contributed by atoms with van der Waals surface area (Å²) < 4.78 is 0. The van der Waals surface area contributed by atoms with Crippen molar-refractivity contribution < 1.29 is 28.8 Å². The number of anilines is 1. The predicted molar refractivity (Wildman–Crippen MR) is 125 cm³/mol. The normalized spacial score (nSPS) is 12.2. The summed E-state index contributed by atoms with van der Waals surface area (Å²) in [5.74, 6) is -0.722. The second-order valence-electron chi connectivity index (χ2n) is 8.84. The zero-order valence-corrected chi connectivity index (χ0v) is 20.3. The van der Waals surface area contributed by atoms with E-state index >= 15 is 0 Å². The number of nitrogens with zero attached hydrogens (tertiary/aromatic N) is 2. The monoisotopic (exact) mass is 447 g/mol. The molecular formula is C23H26LiN3O4S. The van der Waals surface area contributed by atoms with Gasteiger partial charge in [-0.2, -0.15) is 0 Å². The molecule has 1 aromatic heterocycles. The smallest absolute Gasteiger partial charge is 0.650 e. The first-order valence-corrected chi connectivity index (χ1v) is 10.7. The van der Waals surface area contributed by atoms with E-state index in [1.807, 2.05) is 33.1 Å². The molecule has 0 saturated heterocycles. The number of benzene rings is 1. The van der Waals surface area contributed by atoms with E-state index in [-0.39, 0.29) is 58.7 Å². The van der Waals surface area contributed by atoms with Crippen LogP contribution in [0.5, 0.6) is 5.75 Å². The third kappa shape index (κ3) is 4.93. The molecule has 0 aliphatic carbocycles. The summed E-state index contributed by atoms with van der Waals surface area (Å²) in [6.07, 6.45) is 0. The van der Waals surface area contributed by atoms with Gasteiger partial charge in [0.2, 0.25) is 10.9 Å². The molecule has 1 amide bonds. The predicted octanol–water partition coefficient (Wildman–Crippen LogP) is 1.60. The molecular weight excluding hydrogens is 421 g/mol. The number of rotatable bonds is 6. The van der Waals surface area contributed by atoms with Crippen LogP contribution in [-0.4, -0.2) is 30.0 Å². The van der Waals surface area contributed by atoms with Gasteiger partial charge in [0, 0.05) is 19.0 Å². The summed E-state index contributed by atoms with van der Waals surface area (Å²) >= 11 is 1.58. The van der Waals surface area contributed by atoms with Crippen molar-refractivity contribution >= 4 is 34.3 Å². The van der Waals surface area contributed by atoms with Crippen molar-refractivity contribution in [3.63, 3.8) is 0 Å². The maximum atomic E-state index is 12.4. The first-order chi connectivity index (χ1) is 14.4. The Hall–Kier alpha value is -2.53. The number of phenols is 1. The van der Waals surface area contributed by atoms with E-state index in [1.165, 1.54) is 17.0 Å². The van der Waals surface area contributed by atoms with E-state index in [4.69, 9.17) is 0 Å². The van der Waals surface area contributed by atoms with Crippen LogP contribution in [0.2, 0.25) is 0 Å². The van der Waals surface area contributed by atoms with Crippen molar-refractivity contribution in [2.75, 3.05) is 19.4 Å². The topological polar surface area (TPSA) is 101 Å². The van der Waals surface area contributed by atoms with Crippen molar-refractivity contribution in [2.45, 2.75) is 33.7 Å². The average molecular weight is 447 g/mol. The van der Waals surface area contributed by atoms with E-state index in [0.29, 0.717) is 0 Å². The van der Waals surface area contributed by atoms with Crippen molar-refractivity contribution in [1.29, 1.82) is 0 Å². The van der Waals surface area contributed by atoms with Crippen LogP contribution in [0.1, 0.15) is 47.6 Å². The number of carbonyl (C=O) groups is 1. The number of hydrogen-bond donors (Lipinski definition) is 2. The van der Waals surface area contributed by atoms with Gasteiger partial charge in [-0.25, -0.2) is 0 Å². The third-order valence-electron chi connectivity index (χ3n) is 4.96. The van der Waals surface area contributed by atoms with Gasteiger partial charge in [-0.15, -0.1) is 11.3 Å². The first kappa shape index (κ1) is 25.7. The molecule has 3 aromatic rings. The first-order valence-electron chi connectivity index (χ1n) is 9.82. The quantitative estimate of drug-likeness (QED) is 0.442. The number of phenolic OH excluding ortho intramolecular Hbond substituents is 1. The van der Waals surface area contributed by atoms with E-state index in [1.54, 1.807) is 31.5 Å². The van der Waals surface area contributed by atoms with Crippen LogP contribution < -0.4 is 35.0 Å². The molecule has 0 unspecified atom stereocenters. The van der Waals surface area contributed by atoms with E-state index in [0.717, 1.165) is 10.4 Å². The van der Waals surface area contributed by atoms with Crippen LogP contribution in [0.4, 0.5) is 17.1 Å². The Morgan fingerprint density at radius 2 is 1.84 bits per heavy atom. The summed E-state index contributed by atoms with van der Waals surface area (Å²) in [6, 6.07) is 6.39. The minimum Gasteiger partial charge on any atom is -0.650 e. The van der Waals surface area contributed by atoms with Gasteiger partial charge in [-0.05, 0) is 35.4 Å². The number of para-hydroxylation sites is 1. The summed E-state index contributed by atoms with van der Waals surface area (Å²) in [6.45, 7) is 8.14. The molecule has 0 aliphatic heterocycles. The van der Waals surface area contributed by atoms with Crippen molar-refractivity contribution in [1.82, 2.24) is 4.90 Å². The Labute approximate surface area is 203 Å². The number of aromatic hydroxyl groups is 1. The third-order valence-corrected chi connectivity index (χ3v) is 6.07. The van der Waals surface area contributed by atoms with E-state index in [2.05, 4.69) is 16.7 Å². The minimum atomic E-state index is -0.721. The van der Waals surface area contributed by atoms with Gasteiger partial charge in [-0.3, -0.25) is 14.4 Å². The van der Waals surface area contributed by atoms with Gasteiger partial charge in [0.25, 0.3) is 5.91 Å². The standard InChI is InChI=1S/C23H27N3O4S.Li/c1-12-10-15(31-11-12)21(23(2,3)4)25-17-16(19(28)20(17)29)24-14-9-7-8-13(18(14)27)22(30)26(5)6;/h7-11,21H,1-6H3,(H3,24,25,27,28,29,30);/q;+1/p-1/t21-;/m0./s1. The zero-order valence-electron chi connectivity index (χ0n) is 19.4. The fraction of sp³-hybridized carbons (Fsp3) is 0.348. The number of aryl methyl sites for hydroxylation is 1. The number of thiophene rings is 1. The largest absolute Gasteiger partial charge is 1.00 e. The van der Waals surface area contributed by atoms with Crippen molar-refractivity contribution in [3.8, 4) is 5.75 Å². The zero-order chi connectivity index (χ0) is 23.1. The van der Waals surface area contributed by atoms with Crippen LogP contribution >= 0.6 is 11.3 Å².